The third-order valence-corrected chi connectivity index (χ3v) is 6.98. The molecule has 1 saturated carbocycles. The van der Waals surface area contributed by atoms with Gasteiger partial charge in [0.2, 0.25) is 0 Å². The lowest BCUT2D eigenvalue weighted by Crippen LogP contribution is -2.56. The van der Waals surface area contributed by atoms with E-state index in [1.165, 1.54) is 23.3 Å². The van der Waals surface area contributed by atoms with Crippen LogP contribution in [0.4, 0.5) is 0 Å². The van der Waals surface area contributed by atoms with Crippen LogP contribution >= 0.6 is 11.8 Å². The van der Waals surface area contributed by atoms with Crippen molar-refractivity contribution in [1.82, 2.24) is 0 Å². The number of benzene rings is 2. The van der Waals surface area contributed by atoms with Crippen LogP contribution in [0.25, 0.3) is 0 Å². The summed E-state index contributed by atoms with van der Waals surface area (Å²) in [6, 6.07) is 16.9. The highest BCUT2D eigenvalue weighted by atomic mass is 32.2. The molecular weight excluding hydrogens is 292 g/mol. The van der Waals surface area contributed by atoms with Crippen molar-refractivity contribution in [2.75, 3.05) is 13.7 Å². The summed E-state index contributed by atoms with van der Waals surface area (Å²) in [7, 11) is 1.72. The predicted octanol–water partition coefficient (Wildman–Crippen LogP) is 4.88. The predicted molar refractivity (Wildman–Crippen MR) is 89.8 cm³/mol. The summed E-state index contributed by atoms with van der Waals surface area (Å²) in [5, 5.41) is 0. The Bertz CT molecular complexity index is 700. The van der Waals surface area contributed by atoms with E-state index in [0.717, 1.165) is 18.1 Å². The molecule has 0 unspecified atom stereocenters. The number of ether oxygens (including phenoxy) is 2. The first-order valence-electron chi connectivity index (χ1n) is 7.72. The highest BCUT2D eigenvalue weighted by molar-refractivity contribution is 8.00. The van der Waals surface area contributed by atoms with Crippen LogP contribution in [0.5, 0.6) is 11.5 Å². The van der Waals surface area contributed by atoms with Crippen LogP contribution in [0.1, 0.15) is 25.3 Å². The second-order valence-corrected chi connectivity index (χ2v) is 7.83. The Morgan fingerprint density at radius 1 is 1.09 bits per heavy atom. The second-order valence-electron chi connectivity index (χ2n) is 6.45. The van der Waals surface area contributed by atoms with Crippen LogP contribution in [-0.4, -0.2) is 13.7 Å². The van der Waals surface area contributed by atoms with Gasteiger partial charge in [0.15, 0.2) is 0 Å². The number of thioether (sulfide) groups is 1. The monoisotopic (exact) mass is 312 g/mol. The van der Waals surface area contributed by atoms with Crippen LogP contribution in [0, 0.1) is 5.41 Å². The third kappa shape index (κ3) is 1.88. The third-order valence-electron chi connectivity index (χ3n) is 5.21. The van der Waals surface area contributed by atoms with Gasteiger partial charge in [0.25, 0.3) is 0 Å². The topological polar surface area (TPSA) is 18.5 Å². The molecule has 2 aromatic carbocycles. The normalized spacial score (nSPS) is 28.8. The maximum absolute atomic E-state index is 6.05. The van der Waals surface area contributed by atoms with Crippen molar-refractivity contribution in [2.24, 2.45) is 5.41 Å². The molecule has 0 bridgehead atoms. The molecule has 2 nitrogen and oxygen atoms in total. The molecule has 2 aliphatic rings. The quantitative estimate of drug-likeness (QED) is 0.805. The minimum absolute atomic E-state index is 0.0937. The lowest BCUT2D eigenvalue weighted by atomic mass is 9.57. The first-order valence-corrected chi connectivity index (χ1v) is 8.54. The highest BCUT2D eigenvalue weighted by Gasteiger charge is 2.61. The lowest BCUT2D eigenvalue weighted by molar-refractivity contribution is 0.00164. The minimum Gasteiger partial charge on any atom is -0.497 e. The van der Waals surface area contributed by atoms with E-state index < -0.39 is 0 Å². The fourth-order valence-electron chi connectivity index (χ4n) is 3.66. The molecule has 2 atom stereocenters. The molecule has 1 fully saturated rings. The summed E-state index contributed by atoms with van der Waals surface area (Å²) in [6.07, 6.45) is 2.40. The van der Waals surface area contributed by atoms with E-state index in [1.807, 2.05) is 17.8 Å². The Balaban J connectivity index is 1.83. The Morgan fingerprint density at radius 3 is 2.59 bits per heavy atom. The fourth-order valence-corrected chi connectivity index (χ4v) is 5.24. The van der Waals surface area contributed by atoms with E-state index in [9.17, 15) is 0 Å². The highest BCUT2D eigenvalue weighted by Crippen LogP contribution is 2.69. The molecule has 0 amide bonds. The summed E-state index contributed by atoms with van der Waals surface area (Å²) < 4.78 is 11.6. The van der Waals surface area contributed by atoms with E-state index in [2.05, 4.69) is 49.4 Å². The number of methoxy groups -OCH3 is 1. The number of hydrogen-bond donors (Lipinski definition) is 0. The van der Waals surface area contributed by atoms with Crippen molar-refractivity contribution >= 4 is 11.8 Å². The van der Waals surface area contributed by atoms with Gasteiger partial charge in [-0.25, -0.2) is 0 Å². The van der Waals surface area contributed by atoms with Crippen molar-refractivity contribution in [3.8, 4) is 11.5 Å². The average molecular weight is 312 g/mol. The van der Waals surface area contributed by atoms with E-state index >= 15 is 0 Å². The van der Waals surface area contributed by atoms with Gasteiger partial charge in [0.05, 0.1) is 18.5 Å². The fraction of sp³-hybridized carbons (Fsp3) is 0.368. The van der Waals surface area contributed by atoms with Gasteiger partial charge in [0.1, 0.15) is 11.5 Å². The summed E-state index contributed by atoms with van der Waals surface area (Å²) >= 11 is 1.99. The van der Waals surface area contributed by atoms with Crippen molar-refractivity contribution in [1.29, 1.82) is 0 Å². The molecule has 1 aliphatic carbocycles. The molecule has 1 heterocycles. The second kappa shape index (κ2) is 4.95. The van der Waals surface area contributed by atoms with Gasteiger partial charge in [-0.15, -0.1) is 11.8 Å². The van der Waals surface area contributed by atoms with Crippen LogP contribution in [0.2, 0.25) is 0 Å². The molecule has 114 valence electrons. The molecule has 0 radical (unpaired) electrons. The largest absolute Gasteiger partial charge is 0.497 e. The molecular formula is C19H20O2S. The Morgan fingerprint density at radius 2 is 1.91 bits per heavy atom. The number of hydrogen-bond acceptors (Lipinski definition) is 3. The van der Waals surface area contributed by atoms with Crippen LogP contribution in [-0.2, 0) is 4.75 Å². The van der Waals surface area contributed by atoms with Gasteiger partial charge < -0.3 is 9.47 Å². The van der Waals surface area contributed by atoms with Gasteiger partial charge in [-0.2, -0.15) is 0 Å². The van der Waals surface area contributed by atoms with E-state index in [-0.39, 0.29) is 10.2 Å². The van der Waals surface area contributed by atoms with E-state index in [4.69, 9.17) is 9.47 Å². The Hall–Kier alpha value is -1.61. The molecule has 2 aromatic rings. The summed E-state index contributed by atoms with van der Waals surface area (Å²) in [6.45, 7) is 3.15. The molecule has 0 saturated heterocycles. The van der Waals surface area contributed by atoms with Gasteiger partial charge in [-0.3, -0.25) is 0 Å². The van der Waals surface area contributed by atoms with Gasteiger partial charge in [-0.1, -0.05) is 25.1 Å². The summed E-state index contributed by atoms with van der Waals surface area (Å²) in [5.41, 5.74) is 1.48. The first kappa shape index (κ1) is 14.0. The van der Waals surface area contributed by atoms with Crippen molar-refractivity contribution in [3.05, 3.63) is 54.1 Å². The van der Waals surface area contributed by atoms with Crippen molar-refractivity contribution in [3.63, 3.8) is 0 Å². The Kier molecular flexibility index (Phi) is 3.15. The molecule has 0 spiro atoms. The molecule has 0 N–H and O–H groups in total. The molecule has 4 rings (SSSR count). The average Bonchev–Trinajstić information content (AvgIpc) is 2.56. The smallest absolute Gasteiger partial charge is 0.124 e. The standard InChI is InChI=1S/C19H20O2S/c1-18-10-11-19(18,22-15-6-4-3-5-7-15)16-12-14(20-2)8-9-17(16)21-13-18/h3-9,12H,10-11,13H2,1-2H3/t18-,19-/m0/s1. The molecule has 0 aromatic heterocycles. The van der Waals surface area contributed by atoms with Crippen LogP contribution in [0.3, 0.4) is 0 Å². The molecule has 22 heavy (non-hydrogen) atoms. The van der Waals surface area contributed by atoms with Gasteiger partial charge >= 0.3 is 0 Å². The van der Waals surface area contributed by atoms with Gasteiger partial charge in [-0.05, 0) is 43.2 Å². The van der Waals surface area contributed by atoms with Crippen molar-refractivity contribution in [2.45, 2.75) is 29.4 Å². The van der Waals surface area contributed by atoms with E-state index in [1.54, 1.807) is 7.11 Å². The van der Waals surface area contributed by atoms with Crippen LogP contribution in [0.15, 0.2) is 53.4 Å². The Labute approximate surface area is 135 Å². The zero-order valence-electron chi connectivity index (χ0n) is 13.0. The zero-order valence-corrected chi connectivity index (χ0v) is 13.8. The number of rotatable bonds is 3. The maximum Gasteiger partial charge on any atom is 0.124 e. The number of fused-ring (bicyclic) bond motifs is 3. The SMILES string of the molecule is COc1ccc2c(c1)[C@@]1(Sc3ccccc3)CC[C@@]1(C)CO2. The zero-order chi connectivity index (χ0) is 15.2. The lowest BCUT2D eigenvalue weighted by Gasteiger charge is -2.60. The van der Waals surface area contributed by atoms with E-state index in [0.29, 0.717) is 0 Å². The maximum atomic E-state index is 6.05. The summed E-state index contributed by atoms with van der Waals surface area (Å²) in [5.74, 6) is 1.92. The molecule has 3 heteroatoms. The molecule has 1 aliphatic heterocycles. The van der Waals surface area contributed by atoms with Crippen LogP contribution < -0.4 is 9.47 Å². The first-order chi connectivity index (χ1) is 10.7. The van der Waals surface area contributed by atoms with Crippen molar-refractivity contribution < 1.29 is 9.47 Å². The summed E-state index contributed by atoms with van der Waals surface area (Å²) in [4.78, 5) is 1.32. The minimum atomic E-state index is 0.0937. The van der Waals surface area contributed by atoms with Gasteiger partial charge in [0, 0.05) is 15.9 Å².